The summed E-state index contributed by atoms with van der Waals surface area (Å²) in [6.07, 6.45) is 0. The Labute approximate surface area is 93.8 Å². The van der Waals surface area contributed by atoms with Crippen molar-refractivity contribution in [2.24, 2.45) is 0 Å². The number of sulfonamides is 1. The van der Waals surface area contributed by atoms with Crippen LogP contribution < -0.4 is 5.32 Å². The molecular weight excluding hydrogens is 236 g/mol. The summed E-state index contributed by atoms with van der Waals surface area (Å²) < 4.78 is 29.1. The third-order valence-electron chi connectivity index (χ3n) is 2.28. The lowest BCUT2D eigenvalue weighted by Crippen LogP contribution is -2.59. The molecule has 0 saturated carbocycles. The largest absolute Gasteiger partial charge is 0.384 e. The summed E-state index contributed by atoms with van der Waals surface area (Å²) >= 11 is 0. The Morgan fingerprint density at radius 1 is 1.50 bits per heavy atom. The van der Waals surface area contributed by atoms with E-state index in [1.54, 1.807) is 0 Å². The highest BCUT2D eigenvalue weighted by Gasteiger charge is 2.37. The van der Waals surface area contributed by atoms with E-state index in [0.717, 1.165) is 4.31 Å². The van der Waals surface area contributed by atoms with Crippen LogP contribution >= 0.6 is 0 Å². The molecule has 1 aliphatic rings. The molecule has 7 nitrogen and oxygen atoms in total. The molecule has 1 unspecified atom stereocenters. The zero-order chi connectivity index (χ0) is 12.3. The molecule has 92 valence electrons. The van der Waals surface area contributed by atoms with Crippen molar-refractivity contribution in [3.8, 4) is 0 Å². The predicted octanol–water partition coefficient (Wildman–Crippen LogP) is -1.69. The van der Waals surface area contributed by atoms with Gasteiger partial charge in [-0.25, -0.2) is 8.42 Å². The highest BCUT2D eigenvalue weighted by molar-refractivity contribution is 7.89. The number of carbonyl (C=O) groups excluding carboxylic acids is 2. The van der Waals surface area contributed by atoms with Crippen LogP contribution in [0.2, 0.25) is 0 Å². The van der Waals surface area contributed by atoms with Gasteiger partial charge >= 0.3 is 0 Å². The minimum atomic E-state index is -3.63. The van der Waals surface area contributed by atoms with Crippen molar-refractivity contribution < 1.29 is 22.7 Å². The summed E-state index contributed by atoms with van der Waals surface area (Å²) in [6.45, 7) is 1.15. The summed E-state index contributed by atoms with van der Waals surface area (Å²) in [5, 5.41) is 2.07. The van der Waals surface area contributed by atoms with Gasteiger partial charge in [0.15, 0.2) is 0 Å². The Hall–Kier alpha value is -0.990. The van der Waals surface area contributed by atoms with Crippen LogP contribution in [-0.2, 0) is 24.3 Å². The van der Waals surface area contributed by atoms with E-state index in [-0.39, 0.29) is 18.9 Å². The monoisotopic (exact) mass is 250 g/mol. The first kappa shape index (κ1) is 13.1. The molecule has 1 N–H and O–H groups in total. The standard InChI is InChI=1S/C8H14N2O5S/c1-6-8(12)9-7(11)5-10(6)16(13,14)4-3-15-2/h6H,3-5H2,1-2H3,(H,9,11,12). The maximum atomic E-state index is 11.8. The topological polar surface area (TPSA) is 92.8 Å². The number of rotatable bonds is 4. The van der Waals surface area contributed by atoms with Crippen molar-refractivity contribution in [3.63, 3.8) is 0 Å². The van der Waals surface area contributed by atoms with Crippen LogP contribution in [0, 0.1) is 0 Å². The lowest BCUT2D eigenvalue weighted by atomic mass is 10.2. The highest BCUT2D eigenvalue weighted by Crippen LogP contribution is 2.11. The van der Waals surface area contributed by atoms with E-state index < -0.39 is 27.9 Å². The van der Waals surface area contributed by atoms with Gasteiger partial charge in [0.05, 0.1) is 18.9 Å². The second-order valence-corrected chi connectivity index (χ2v) is 5.48. The smallest absolute Gasteiger partial charge is 0.244 e. The maximum Gasteiger partial charge on any atom is 0.244 e. The van der Waals surface area contributed by atoms with Gasteiger partial charge in [0.2, 0.25) is 21.8 Å². The van der Waals surface area contributed by atoms with Crippen molar-refractivity contribution in [3.05, 3.63) is 0 Å². The number of nitrogens with one attached hydrogen (secondary N) is 1. The highest BCUT2D eigenvalue weighted by atomic mass is 32.2. The molecule has 1 rings (SSSR count). The molecule has 1 heterocycles. The summed E-state index contributed by atoms with van der Waals surface area (Å²) in [7, 11) is -2.25. The van der Waals surface area contributed by atoms with Gasteiger partial charge in [-0.3, -0.25) is 14.9 Å². The van der Waals surface area contributed by atoms with E-state index in [0.29, 0.717) is 0 Å². The van der Waals surface area contributed by atoms with E-state index in [4.69, 9.17) is 0 Å². The fourth-order valence-electron chi connectivity index (χ4n) is 1.34. The molecule has 8 heteroatoms. The number of piperazine rings is 1. The summed E-state index contributed by atoms with van der Waals surface area (Å²) in [5.74, 6) is -1.45. The molecule has 16 heavy (non-hydrogen) atoms. The van der Waals surface area contributed by atoms with Gasteiger partial charge in [0.1, 0.15) is 6.04 Å². The molecule has 0 aromatic heterocycles. The number of ether oxygens (including phenoxy) is 1. The molecular formula is C8H14N2O5S. The lowest BCUT2D eigenvalue weighted by Gasteiger charge is -2.30. The quantitative estimate of drug-likeness (QED) is 0.601. The van der Waals surface area contributed by atoms with Gasteiger partial charge in [-0.05, 0) is 6.92 Å². The molecule has 0 bridgehead atoms. The zero-order valence-electron chi connectivity index (χ0n) is 9.10. The minimum absolute atomic E-state index is 0.0291. The molecule has 0 aliphatic carbocycles. The first-order valence-electron chi connectivity index (χ1n) is 4.70. The van der Waals surface area contributed by atoms with Gasteiger partial charge < -0.3 is 4.74 Å². The normalized spacial score (nSPS) is 23.2. The Bertz CT molecular complexity index is 391. The molecule has 0 aromatic carbocycles. The Morgan fingerprint density at radius 3 is 2.69 bits per heavy atom. The maximum absolute atomic E-state index is 11.8. The summed E-state index contributed by atoms with van der Waals surface area (Å²) in [4.78, 5) is 22.3. The first-order chi connectivity index (χ1) is 7.38. The molecule has 0 spiro atoms. The van der Waals surface area contributed by atoms with Crippen LogP contribution in [0.15, 0.2) is 0 Å². The summed E-state index contributed by atoms with van der Waals surface area (Å²) in [5.41, 5.74) is 0. The van der Waals surface area contributed by atoms with Crippen molar-refractivity contribution in [1.29, 1.82) is 0 Å². The zero-order valence-corrected chi connectivity index (χ0v) is 9.91. The van der Waals surface area contributed by atoms with E-state index in [1.807, 2.05) is 0 Å². The van der Waals surface area contributed by atoms with Crippen molar-refractivity contribution in [2.75, 3.05) is 26.0 Å². The number of hydrogen-bond acceptors (Lipinski definition) is 5. The molecule has 1 saturated heterocycles. The molecule has 2 amide bonds. The lowest BCUT2D eigenvalue weighted by molar-refractivity contribution is -0.136. The van der Waals surface area contributed by atoms with Gasteiger partial charge in [0.25, 0.3) is 0 Å². The second-order valence-electron chi connectivity index (χ2n) is 3.44. The first-order valence-corrected chi connectivity index (χ1v) is 6.31. The van der Waals surface area contributed by atoms with Gasteiger partial charge in [-0.2, -0.15) is 4.31 Å². The van der Waals surface area contributed by atoms with Crippen LogP contribution in [0.1, 0.15) is 6.92 Å². The number of imide groups is 1. The molecule has 1 atom stereocenters. The molecule has 1 aliphatic heterocycles. The van der Waals surface area contributed by atoms with Crippen LogP contribution in [0.4, 0.5) is 0 Å². The van der Waals surface area contributed by atoms with Gasteiger partial charge in [-0.1, -0.05) is 0 Å². The number of amides is 2. The summed E-state index contributed by atoms with van der Waals surface area (Å²) in [6, 6.07) is -0.862. The van der Waals surface area contributed by atoms with Crippen molar-refractivity contribution in [2.45, 2.75) is 13.0 Å². The Balaban J connectivity index is 2.85. The SMILES string of the molecule is COCCS(=O)(=O)N1CC(=O)NC(=O)C1C. The molecule has 0 radical (unpaired) electrons. The minimum Gasteiger partial charge on any atom is -0.384 e. The van der Waals surface area contributed by atoms with E-state index in [1.165, 1.54) is 14.0 Å². The van der Waals surface area contributed by atoms with E-state index in [2.05, 4.69) is 10.1 Å². The van der Waals surface area contributed by atoms with Crippen LogP contribution in [0.5, 0.6) is 0 Å². The Kier molecular flexibility index (Phi) is 4.00. The molecule has 1 fully saturated rings. The number of carbonyl (C=O) groups is 2. The fraction of sp³-hybridized carbons (Fsp3) is 0.750. The van der Waals surface area contributed by atoms with Crippen molar-refractivity contribution >= 4 is 21.8 Å². The third kappa shape index (κ3) is 2.77. The number of nitrogens with zero attached hydrogens (tertiary/aromatic N) is 1. The second kappa shape index (κ2) is 4.89. The van der Waals surface area contributed by atoms with Crippen LogP contribution in [-0.4, -0.2) is 56.6 Å². The van der Waals surface area contributed by atoms with Crippen molar-refractivity contribution in [1.82, 2.24) is 9.62 Å². The van der Waals surface area contributed by atoms with E-state index in [9.17, 15) is 18.0 Å². The van der Waals surface area contributed by atoms with Gasteiger partial charge in [0, 0.05) is 7.11 Å². The number of hydrogen-bond donors (Lipinski definition) is 1. The Morgan fingerprint density at radius 2 is 2.12 bits per heavy atom. The average Bonchev–Trinajstić information content (AvgIpc) is 2.20. The van der Waals surface area contributed by atoms with Crippen LogP contribution in [0.3, 0.4) is 0 Å². The predicted molar refractivity (Wildman–Crippen MR) is 55.0 cm³/mol. The van der Waals surface area contributed by atoms with Gasteiger partial charge in [-0.15, -0.1) is 0 Å². The number of methoxy groups -OCH3 is 1. The average molecular weight is 250 g/mol. The van der Waals surface area contributed by atoms with Crippen LogP contribution in [0.25, 0.3) is 0 Å². The van der Waals surface area contributed by atoms with E-state index >= 15 is 0 Å². The fourth-order valence-corrected chi connectivity index (χ4v) is 2.84. The third-order valence-corrected chi connectivity index (χ3v) is 4.12. The molecule has 0 aromatic rings.